The predicted molar refractivity (Wildman–Crippen MR) is 71.6 cm³/mol. The summed E-state index contributed by atoms with van der Waals surface area (Å²) in [6.07, 6.45) is 0. The smallest absolute Gasteiger partial charge is 0.302 e. The van der Waals surface area contributed by atoms with Gasteiger partial charge in [0, 0.05) is 13.8 Å². The number of aryl methyl sites for hydroxylation is 2. The maximum absolute atomic E-state index is 10.9. The molecule has 0 heterocycles. The average molecular weight is 264 g/mol. The highest BCUT2D eigenvalue weighted by Gasteiger charge is 2.13. The highest BCUT2D eigenvalue weighted by Crippen LogP contribution is 2.24. The van der Waals surface area contributed by atoms with E-state index in [0.717, 1.165) is 27.8 Å². The van der Waals surface area contributed by atoms with E-state index in [1.165, 1.54) is 13.8 Å². The molecule has 0 aromatic heterocycles. The van der Waals surface area contributed by atoms with Crippen LogP contribution in [0.2, 0.25) is 0 Å². The zero-order valence-corrected chi connectivity index (χ0v) is 12.1. The molecule has 1 rings (SSSR count). The molecule has 0 N–H and O–H groups in total. The van der Waals surface area contributed by atoms with Crippen molar-refractivity contribution < 1.29 is 19.1 Å². The summed E-state index contributed by atoms with van der Waals surface area (Å²) in [5.74, 6) is -0.609. The molecule has 0 fully saturated rings. The number of carbonyl (C=O) groups is 2. The van der Waals surface area contributed by atoms with Gasteiger partial charge < -0.3 is 9.47 Å². The second kappa shape index (κ2) is 6.36. The molecule has 0 aliphatic rings. The van der Waals surface area contributed by atoms with Gasteiger partial charge in [0.2, 0.25) is 0 Å². The predicted octanol–water partition coefficient (Wildman–Crippen LogP) is 2.74. The van der Waals surface area contributed by atoms with Crippen molar-refractivity contribution in [3.05, 3.63) is 33.9 Å². The summed E-state index contributed by atoms with van der Waals surface area (Å²) >= 11 is 0. The summed E-state index contributed by atoms with van der Waals surface area (Å²) in [6.45, 7) is 9.19. The Morgan fingerprint density at radius 2 is 1.26 bits per heavy atom. The summed E-state index contributed by atoms with van der Waals surface area (Å²) in [4.78, 5) is 21.8. The van der Waals surface area contributed by atoms with Gasteiger partial charge in [0.25, 0.3) is 0 Å². The van der Waals surface area contributed by atoms with Crippen LogP contribution in [-0.2, 0) is 32.3 Å². The van der Waals surface area contributed by atoms with Gasteiger partial charge in [-0.3, -0.25) is 9.59 Å². The van der Waals surface area contributed by atoms with Crippen LogP contribution in [-0.4, -0.2) is 11.9 Å². The summed E-state index contributed by atoms with van der Waals surface area (Å²) in [7, 11) is 0. The zero-order valence-electron chi connectivity index (χ0n) is 12.1. The van der Waals surface area contributed by atoms with Crippen LogP contribution in [0.5, 0.6) is 0 Å². The van der Waals surface area contributed by atoms with Crippen LogP contribution in [0.1, 0.15) is 41.7 Å². The van der Waals surface area contributed by atoms with Crippen LogP contribution in [0.25, 0.3) is 0 Å². The molecule has 104 valence electrons. The van der Waals surface area contributed by atoms with Crippen LogP contribution in [0.4, 0.5) is 0 Å². The average Bonchev–Trinajstić information content (AvgIpc) is 2.27. The van der Waals surface area contributed by atoms with Gasteiger partial charge in [0.15, 0.2) is 0 Å². The molecule has 0 bridgehead atoms. The van der Waals surface area contributed by atoms with Gasteiger partial charge in [0.05, 0.1) is 0 Å². The van der Waals surface area contributed by atoms with Crippen LogP contribution in [0.15, 0.2) is 6.07 Å². The molecule has 0 atom stereocenters. The number of hydrogen-bond donors (Lipinski definition) is 0. The lowest BCUT2D eigenvalue weighted by Crippen LogP contribution is -2.08. The van der Waals surface area contributed by atoms with E-state index in [4.69, 9.17) is 9.47 Å². The summed E-state index contributed by atoms with van der Waals surface area (Å²) < 4.78 is 10.1. The van der Waals surface area contributed by atoms with E-state index in [-0.39, 0.29) is 25.2 Å². The lowest BCUT2D eigenvalue weighted by molar-refractivity contribution is -0.142. The largest absolute Gasteiger partial charge is 0.461 e. The molecule has 4 nitrogen and oxygen atoms in total. The molecule has 0 amide bonds. The number of carbonyl (C=O) groups excluding carboxylic acids is 2. The highest BCUT2D eigenvalue weighted by molar-refractivity contribution is 5.66. The Kier molecular flexibility index (Phi) is 5.10. The number of rotatable bonds is 4. The van der Waals surface area contributed by atoms with E-state index in [1.807, 2.05) is 26.8 Å². The Balaban J connectivity index is 3.07. The van der Waals surface area contributed by atoms with Crippen molar-refractivity contribution in [3.63, 3.8) is 0 Å². The second-order valence-electron chi connectivity index (χ2n) is 4.65. The van der Waals surface area contributed by atoms with Crippen molar-refractivity contribution in [2.75, 3.05) is 0 Å². The minimum Gasteiger partial charge on any atom is -0.461 e. The monoisotopic (exact) mass is 264 g/mol. The fraction of sp³-hybridized carbons (Fsp3) is 0.467. The van der Waals surface area contributed by atoms with Crippen molar-refractivity contribution in [1.82, 2.24) is 0 Å². The van der Waals surface area contributed by atoms with Gasteiger partial charge in [-0.1, -0.05) is 6.07 Å². The van der Waals surface area contributed by atoms with E-state index < -0.39 is 0 Å². The molecule has 0 spiro atoms. The number of esters is 2. The van der Waals surface area contributed by atoms with Crippen molar-refractivity contribution in [2.24, 2.45) is 0 Å². The van der Waals surface area contributed by atoms with Gasteiger partial charge in [0.1, 0.15) is 13.2 Å². The Hall–Kier alpha value is -1.84. The van der Waals surface area contributed by atoms with E-state index >= 15 is 0 Å². The Bertz CT molecular complexity index is 461. The van der Waals surface area contributed by atoms with Gasteiger partial charge in [-0.2, -0.15) is 0 Å². The molecule has 0 unspecified atom stereocenters. The zero-order chi connectivity index (χ0) is 14.6. The molecular formula is C15H20O4. The third-order valence-corrected chi connectivity index (χ3v) is 3.13. The first kappa shape index (κ1) is 15.2. The molecule has 1 aromatic rings. The molecule has 0 aliphatic heterocycles. The Morgan fingerprint density at radius 1 is 0.895 bits per heavy atom. The number of benzene rings is 1. The highest BCUT2D eigenvalue weighted by atomic mass is 16.5. The lowest BCUT2D eigenvalue weighted by atomic mass is 9.94. The first-order valence-corrected chi connectivity index (χ1v) is 6.18. The minimum atomic E-state index is -0.305. The molecule has 0 saturated heterocycles. The number of hydrogen-bond acceptors (Lipinski definition) is 4. The second-order valence-corrected chi connectivity index (χ2v) is 4.65. The fourth-order valence-corrected chi connectivity index (χ4v) is 2.06. The summed E-state index contributed by atoms with van der Waals surface area (Å²) in [6, 6.07) is 2.02. The topological polar surface area (TPSA) is 52.6 Å². The third kappa shape index (κ3) is 4.09. The first-order valence-electron chi connectivity index (χ1n) is 6.18. The molecule has 4 heteroatoms. The standard InChI is InChI=1S/C15H20O4/c1-9-6-10(2)15(8-19-13(5)17)11(3)14(9)7-18-12(4)16/h6H,7-8H2,1-5H3. The minimum absolute atomic E-state index is 0.250. The van der Waals surface area contributed by atoms with Crippen molar-refractivity contribution in [2.45, 2.75) is 47.8 Å². The van der Waals surface area contributed by atoms with Crippen LogP contribution in [0.3, 0.4) is 0 Å². The number of ether oxygens (including phenoxy) is 2. The summed E-state index contributed by atoms with van der Waals surface area (Å²) in [5, 5.41) is 0. The third-order valence-electron chi connectivity index (χ3n) is 3.13. The van der Waals surface area contributed by atoms with Gasteiger partial charge >= 0.3 is 11.9 Å². The van der Waals surface area contributed by atoms with E-state index in [9.17, 15) is 9.59 Å². The van der Waals surface area contributed by atoms with E-state index in [0.29, 0.717) is 0 Å². The lowest BCUT2D eigenvalue weighted by Gasteiger charge is -2.17. The van der Waals surface area contributed by atoms with Gasteiger partial charge in [-0.05, 0) is 48.6 Å². The SMILES string of the molecule is CC(=O)OCc1c(C)cc(C)c(COC(C)=O)c1C. The molecular weight excluding hydrogens is 244 g/mol. The maximum atomic E-state index is 10.9. The quantitative estimate of drug-likeness (QED) is 0.785. The summed E-state index contributed by atoms with van der Waals surface area (Å²) in [5.41, 5.74) is 5.11. The van der Waals surface area contributed by atoms with Crippen molar-refractivity contribution in [3.8, 4) is 0 Å². The molecule has 1 aromatic carbocycles. The van der Waals surface area contributed by atoms with Crippen molar-refractivity contribution >= 4 is 11.9 Å². The molecule has 0 radical (unpaired) electrons. The fourth-order valence-electron chi connectivity index (χ4n) is 2.06. The first-order chi connectivity index (χ1) is 8.82. The Labute approximate surface area is 113 Å². The molecule has 19 heavy (non-hydrogen) atoms. The van der Waals surface area contributed by atoms with Crippen molar-refractivity contribution in [1.29, 1.82) is 0 Å². The van der Waals surface area contributed by atoms with E-state index in [2.05, 4.69) is 0 Å². The van der Waals surface area contributed by atoms with Crippen LogP contribution >= 0.6 is 0 Å². The maximum Gasteiger partial charge on any atom is 0.302 e. The molecule has 0 aliphatic carbocycles. The van der Waals surface area contributed by atoms with E-state index in [1.54, 1.807) is 0 Å². The van der Waals surface area contributed by atoms with Gasteiger partial charge in [-0.15, -0.1) is 0 Å². The normalized spacial score (nSPS) is 10.2. The van der Waals surface area contributed by atoms with Crippen LogP contribution < -0.4 is 0 Å². The Morgan fingerprint density at radius 3 is 1.58 bits per heavy atom. The van der Waals surface area contributed by atoms with Gasteiger partial charge in [-0.25, -0.2) is 0 Å². The molecule has 0 saturated carbocycles. The van der Waals surface area contributed by atoms with Crippen LogP contribution in [0, 0.1) is 20.8 Å².